The fraction of sp³-hybridized carbons (Fsp3) is 0.571. The van der Waals surface area contributed by atoms with Crippen LogP contribution in [0.4, 0.5) is 4.39 Å². The highest BCUT2D eigenvalue weighted by Gasteiger charge is 2.08. The average molecular weight is 271 g/mol. The van der Waals surface area contributed by atoms with Crippen LogP contribution < -0.4 is 10.1 Å². The Bertz CT molecular complexity index is 374. The van der Waals surface area contributed by atoms with Gasteiger partial charge < -0.3 is 19.9 Å². The molecule has 0 fully saturated rings. The van der Waals surface area contributed by atoms with Crippen molar-refractivity contribution in [2.75, 3.05) is 26.9 Å². The molecule has 1 rings (SSSR count). The number of aliphatic hydroxyl groups is 1. The lowest BCUT2D eigenvalue weighted by atomic mass is 10.2. The Morgan fingerprint density at radius 3 is 2.79 bits per heavy atom. The van der Waals surface area contributed by atoms with Gasteiger partial charge in [-0.3, -0.25) is 0 Å². The minimum Gasteiger partial charge on any atom is -0.488 e. The van der Waals surface area contributed by atoms with E-state index in [2.05, 4.69) is 12.2 Å². The number of methoxy groups -OCH3 is 1. The van der Waals surface area contributed by atoms with Gasteiger partial charge in [-0.2, -0.15) is 0 Å². The van der Waals surface area contributed by atoms with E-state index in [1.54, 1.807) is 6.07 Å². The second-order valence-electron chi connectivity index (χ2n) is 4.36. The SMILES string of the molecule is CCCNCc1ccc(OCC(O)COC)c(F)c1. The monoisotopic (exact) mass is 271 g/mol. The molecule has 0 heterocycles. The van der Waals surface area contributed by atoms with Crippen molar-refractivity contribution < 1.29 is 19.0 Å². The number of ether oxygens (including phenoxy) is 2. The number of nitrogens with one attached hydrogen (secondary N) is 1. The number of aliphatic hydroxyl groups excluding tert-OH is 1. The number of rotatable bonds is 9. The van der Waals surface area contributed by atoms with Gasteiger partial charge in [-0.1, -0.05) is 13.0 Å². The molecule has 0 bridgehead atoms. The second kappa shape index (κ2) is 8.85. The molecule has 0 saturated carbocycles. The van der Waals surface area contributed by atoms with E-state index in [4.69, 9.17) is 9.47 Å². The van der Waals surface area contributed by atoms with E-state index in [-0.39, 0.29) is 19.0 Å². The molecule has 0 aromatic heterocycles. The molecule has 19 heavy (non-hydrogen) atoms. The first-order valence-corrected chi connectivity index (χ1v) is 6.46. The highest BCUT2D eigenvalue weighted by atomic mass is 19.1. The Hall–Kier alpha value is -1.17. The molecular formula is C14H22FNO3. The quantitative estimate of drug-likeness (QED) is 0.671. The van der Waals surface area contributed by atoms with Gasteiger partial charge >= 0.3 is 0 Å². The van der Waals surface area contributed by atoms with Crippen LogP contribution in [-0.4, -0.2) is 38.1 Å². The molecule has 0 aliphatic rings. The number of halogens is 1. The topological polar surface area (TPSA) is 50.7 Å². The van der Waals surface area contributed by atoms with Crippen molar-refractivity contribution in [3.8, 4) is 5.75 Å². The van der Waals surface area contributed by atoms with Crippen LogP contribution in [0.3, 0.4) is 0 Å². The Morgan fingerprint density at radius 1 is 1.37 bits per heavy atom. The van der Waals surface area contributed by atoms with Crippen molar-refractivity contribution in [1.82, 2.24) is 5.32 Å². The van der Waals surface area contributed by atoms with Crippen molar-refractivity contribution in [2.45, 2.75) is 26.0 Å². The summed E-state index contributed by atoms with van der Waals surface area (Å²) in [4.78, 5) is 0. The third-order valence-corrected chi connectivity index (χ3v) is 2.54. The lowest BCUT2D eigenvalue weighted by Crippen LogP contribution is -2.23. The van der Waals surface area contributed by atoms with E-state index in [9.17, 15) is 9.50 Å². The summed E-state index contributed by atoms with van der Waals surface area (Å²) < 4.78 is 23.7. The van der Waals surface area contributed by atoms with Gasteiger partial charge in [0.15, 0.2) is 11.6 Å². The molecule has 0 spiro atoms. The predicted molar refractivity (Wildman–Crippen MR) is 71.8 cm³/mol. The van der Waals surface area contributed by atoms with Gasteiger partial charge in [0.1, 0.15) is 12.7 Å². The summed E-state index contributed by atoms with van der Waals surface area (Å²) in [7, 11) is 1.49. The first-order valence-electron chi connectivity index (χ1n) is 6.46. The van der Waals surface area contributed by atoms with E-state index in [1.807, 2.05) is 6.07 Å². The third-order valence-electron chi connectivity index (χ3n) is 2.54. The minimum atomic E-state index is -0.754. The van der Waals surface area contributed by atoms with Crippen LogP contribution in [0.2, 0.25) is 0 Å². The average Bonchev–Trinajstić information content (AvgIpc) is 2.38. The van der Waals surface area contributed by atoms with Crippen LogP contribution in [0.15, 0.2) is 18.2 Å². The van der Waals surface area contributed by atoms with E-state index < -0.39 is 11.9 Å². The summed E-state index contributed by atoms with van der Waals surface area (Å²) in [6, 6.07) is 4.84. The summed E-state index contributed by atoms with van der Waals surface area (Å²) in [5, 5.41) is 12.6. The Morgan fingerprint density at radius 2 is 2.16 bits per heavy atom. The van der Waals surface area contributed by atoms with Crippen molar-refractivity contribution in [2.24, 2.45) is 0 Å². The lowest BCUT2D eigenvalue weighted by molar-refractivity contribution is 0.0316. The maximum atomic E-state index is 13.7. The van der Waals surface area contributed by atoms with Gasteiger partial charge in [0.05, 0.1) is 6.61 Å². The summed E-state index contributed by atoms with van der Waals surface area (Å²) in [6.07, 6.45) is 0.288. The largest absolute Gasteiger partial charge is 0.488 e. The number of hydrogen-bond acceptors (Lipinski definition) is 4. The van der Waals surface area contributed by atoms with E-state index in [1.165, 1.54) is 13.2 Å². The minimum absolute atomic E-state index is 0.0121. The van der Waals surface area contributed by atoms with Gasteiger partial charge in [-0.15, -0.1) is 0 Å². The smallest absolute Gasteiger partial charge is 0.165 e. The molecule has 108 valence electrons. The highest BCUT2D eigenvalue weighted by Crippen LogP contribution is 2.18. The van der Waals surface area contributed by atoms with Crippen LogP contribution in [0.1, 0.15) is 18.9 Å². The molecule has 5 heteroatoms. The number of hydrogen-bond donors (Lipinski definition) is 2. The Labute approximate surface area is 113 Å². The lowest BCUT2D eigenvalue weighted by Gasteiger charge is -2.12. The molecule has 1 unspecified atom stereocenters. The van der Waals surface area contributed by atoms with Crippen LogP contribution in [0.5, 0.6) is 5.75 Å². The standard InChI is InChI=1S/C14H22FNO3/c1-3-6-16-8-11-4-5-14(13(15)7-11)19-10-12(17)9-18-2/h4-5,7,12,16-17H,3,6,8-10H2,1-2H3. The van der Waals surface area contributed by atoms with Crippen LogP contribution in [-0.2, 0) is 11.3 Å². The molecule has 2 N–H and O–H groups in total. The molecule has 1 atom stereocenters. The van der Waals surface area contributed by atoms with Crippen molar-refractivity contribution in [3.63, 3.8) is 0 Å². The summed E-state index contributed by atoms with van der Waals surface area (Å²) in [5.41, 5.74) is 0.871. The normalized spacial score (nSPS) is 12.4. The van der Waals surface area contributed by atoms with Crippen molar-refractivity contribution in [1.29, 1.82) is 0 Å². The zero-order valence-corrected chi connectivity index (χ0v) is 11.5. The third kappa shape index (κ3) is 6.00. The van der Waals surface area contributed by atoms with E-state index >= 15 is 0 Å². The van der Waals surface area contributed by atoms with Gasteiger partial charge in [0, 0.05) is 13.7 Å². The van der Waals surface area contributed by atoms with Crippen LogP contribution >= 0.6 is 0 Å². The molecule has 0 amide bonds. The van der Waals surface area contributed by atoms with E-state index in [0.29, 0.717) is 6.54 Å². The molecule has 4 nitrogen and oxygen atoms in total. The zero-order chi connectivity index (χ0) is 14.1. The maximum absolute atomic E-state index is 13.7. The summed E-state index contributed by atoms with van der Waals surface area (Å²) in [5.74, 6) is -0.269. The molecule has 0 aliphatic carbocycles. The van der Waals surface area contributed by atoms with E-state index in [0.717, 1.165) is 18.5 Å². The number of benzene rings is 1. The van der Waals surface area contributed by atoms with Crippen LogP contribution in [0, 0.1) is 5.82 Å². The summed E-state index contributed by atoms with van der Waals surface area (Å²) >= 11 is 0. The van der Waals surface area contributed by atoms with Gasteiger partial charge in [0.25, 0.3) is 0 Å². The first-order chi connectivity index (χ1) is 9.17. The Kier molecular flexibility index (Phi) is 7.40. The summed E-state index contributed by atoms with van der Waals surface area (Å²) in [6.45, 7) is 3.80. The molecule has 1 aromatic carbocycles. The van der Waals surface area contributed by atoms with Gasteiger partial charge in [-0.25, -0.2) is 4.39 Å². The molecule has 0 radical (unpaired) electrons. The van der Waals surface area contributed by atoms with Crippen molar-refractivity contribution >= 4 is 0 Å². The molecule has 0 saturated heterocycles. The fourth-order valence-corrected chi connectivity index (χ4v) is 1.61. The van der Waals surface area contributed by atoms with Crippen molar-refractivity contribution in [3.05, 3.63) is 29.6 Å². The fourth-order valence-electron chi connectivity index (χ4n) is 1.61. The zero-order valence-electron chi connectivity index (χ0n) is 11.5. The predicted octanol–water partition coefficient (Wildman–Crippen LogP) is 1.71. The molecular weight excluding hydrogens is 249 g/mol. The van der Waals surface area contributed by atoms with Crippen LogP contribution in [0.25, 0.3) is 0 Å². The van der Waals surface area contributed by atoms with Gasteiger partial charge in [0.2, 0.25) is 0 Å². The molecule has 1 aromatic rings. The second-order valence-corrected chi connectivity index (χ2v) is 4.36. The molecule has 0 aliphatic heterocycles. The first kappa shape index (κ1) is 15.9. The maximum Gasteiger partial charge on any atom is 0.165 e. The highest BCUT2D eigenvalue weighted by molar-refractivity contribution is 5.29. The van der Waals surface area contributed by atoms with Gasteiger partial charge in [-0.05, 0) is 30.7 Å². The Balaban J connectivity index is 2.47.